The lowest BCUT2D eigenvalue weighted by Gasteiger charge is -2.11. The van der Waals surface area contributed by atoms with Crippen molar-refractivity contribution in [2.24, 2.45) is 0 Å². The second-order valence-electron chi connectivity index (χ2n) is 4.75. The van der Waals surface area contributed by atoms with Crippen LogP contribution in [0.4, 0.5) is 5.69 Å². The Morgan fingerprint density at radius 3 is 2.32 bits per heavy atom. The lowest BCUT2D eigenvalue weighted by Crippen LogP contribution is -2.01. The van der Waals surface area contributed by atoms with Gasteiger partial charge in [-0.1, -0.05) is 30.3 Å². The number of hydrogen-bond acceptors (Lipinski definition) is 4. The van der Waals surface area contributed by atoms with Crippen LogP contribution >= 0.6 is 0 Å². The van der Waals surface area contributed by atoms with Crippen molar-refractivity contribution in [3.63, 3.8) is 0 Å². The van der Waals surface area contributed by atoms with E-state index in [0.717, 1.165) is 11.4 Å². The van der Waals surface area contributed by atoms with Crippen LogP contribution in [0.5, 0.6) is 11.5 Å². The van der Waals surface area contributed by atoms with Crippen LogP contribution in [0.25, 0.3) is 0 Å². The average molecular weight is 297 g/mol. The first-order chi connectivity index (χ1) is 10.6. The molecule has 0 atom stereocenters. The zero-order chi connectivity index (χ0) is 15.9. The van der Waals surface area contributed by atoms with Crippen molar-refractivity contribution >= 4 is 11.5 Å². The molecule has 0 unspecified atom stereocenters. The average Bonchev–Trinajstić information content (AvgIpc) is 2.55. The molecule has 2 aromatic rings. The summed E-state index contributed by atoms with van der Waals surface area (Å²) in [6.07, 6.45) is 1.58. The number of ether oxygens (including phenoxy) is 2. The Labute approximate surface area is 130 Å². The van der Waals surface area contributed by atoms with Crippen LogP contribution in [0.2, 0.25) is 0 Å². The van der Waals surface area contributed by atoms with Gasteiger partial charge in [0.15, 0.2) is 17.3 Å². The predicted molar refractivity (Wildman–Crippen MR) is 87.7 cm³/mol. The fourth-order valence-corrected chi connectivity index (χ4v) is 2.06. The van der Waals surface area contributed by atoms with Crippen LogP contribution in [0.1, 0.15) is 17.3 Å². The maximum Gasteiger partial charge on any atom is 0.187 e. The molecular formula is C18H19NO3. The van der Waals surface area contributed by atoms with Crippen molar-refractivity contribution in [2.45, 2.75) is 6.92 Å². The molecule has 114 valence electrons. The number of allylic oxidation sites excluding steroid dienone is 2. The molecule has 0 spiro atoms. The standard InChI is InChI=1S/C18H19NO3/c1-13(11-16(20)14-7-5-4-6-8-14)19-15-9-10-17(21-2)18(12-15)22-3/h4-12,19H,1-3H3/b13-11+. The normalized spacial score (nSPS) is 11.0. The number of methoxy groups -OCH3 is 2. The summed E-state index contributed by atoms with van der Waals surface area (Å²) in [5.74, 6) is 1.26. The molecule has 0 saturated heterocycles. The molecular weight excluding hydrogens is 278 g/mol. The summed E-state index contributed by atoms with van der Waals surface area (Å²) < 4.78 is 10.5. The van der Waals surface area contributed by atoms with Gasteiger partial charge in [-0.2, -0.15) is 0 Å². The Kier molecular flexibility index (Phi) is 5.20. The lowest BCUT2D eigenvalue weighted by atomic mass is 10.1. The third-order valence-corrected chi connectivity index (χ3v) is 3.13. The third kappa shape index (κ3) is 3.88. The van der Waals surface area contributed by atoms with Gasteiger partial charge in [0.2, 0.25) is 0 Å². The molecule has 0 aliphatic carbocycles. The van der Waals surface area contributed by atoms with E-state index >= 15 is 0 Å². The Hall–Kier alpha value is -2.75. The van der Waals surface area contributed by atoms with Crippen LogP contribution in [0, 0.1) is 0 Å². The molecule has 0 radical (unpaired) electrons. The smallest absolute Gasteiger partial charge is 0.187 e. The monoisotopic (exact) mass is 297 g/mol. The van der Waals surface area contributed by atoms with Crippen LogP contribution in [-0.4, -0.2) is 20.0 Å². The molecule has 0 fully saturated rings. The van der Waals surface area contributed by atoms with Gasteiger partial charge in [0.05, 0.1) is 14.2 Å². The summed E-state index contributed by atoms with van der Waals surface area (Å²) in [5.41, 5.74) is 2.24. The second-order valence-corrected chi connectivity index (χ2v) is 4.75. The highest BCUT2D eigenvalue weighted by atomic mass is 16.5. The number of rotatable bonds is 6. The summed E-state index contributed by atoms with van der Waals surface area (Å²) in [7, 11) is 3.18. The summed E-state index contributed by atoms with van der Waals surface area (Å²) in [6.45, 7) is 1.84. The number of hydrogen-bond donors (Lipinski definition) is 1. The van der Waals surface area contributed by atoms with Gasteiger partial charge in [0.1, 0.15) is 0 Å². The molecule has 0 aliphatic heterocycles. The zero-order valence-electron chi connectivity index (χ0n) is 12.9. The summed E-state index contributed by atoms with van der Waals surface area (Å²) in [5, 5.41) is 3.17. The maximum absolute atomic E-state index is 12.1. The van der Waals surface area contributed by atoms with Crippen molar-refractivity contribution in [2.75, 3.05) is 19.5 Å². The molecule has 0 saturated carbocycles. The van der Waals surface area contributed by atoms with E-state index in [-0.39, 0.29) is 5.78 Å². The van der Waals surface area contributed by atoms with Crippen molar-refractivity contribution in [1.82, 2.24) is 0 Å². The highest BCUT2D eigenvalue weighted by Crippen LogP contribution is 2.30. The van der Waals surface area contributed by atoms with Crippen molar-refractivity contribution < 1.29 is 14.3 Å². The van der Waals surface area contributed by atoms with Gasteiger partial charge >= 0.3 is 0 Å². The topological polar surface area (TPSA) is 47.6 Å². The van der Waals surface area contributed by atoms with Gasteiger partial charge in [0, 0.05) is 29.1 Å². The Morgan fingerprint density at radius 1 is 1.00 bits per heavy atom. The molecule has 22 heavy (non-hydrogen) atoms. The van der Waals surface area contributed by atoms with E-state index in [1.165, 1.54) is 0 Å². The van der Waals surface area contributed by atoms with E-state index in [2.05, 4.69) is 5.32 Å². The SMILES string of the molecule is COc1ccc(N/C(C)=C/C(=O)c2ccccc2)cc1OC. The molecule has 4 nitrogen and oxygen atoms in total. The van der Waals surface area contributed by atoms with Gasteiger partial charge in [0.25, 0.3) is 0 Å². The first kappa shape index (κ1) is 15.6. The number of carbonyl (C=O) groups excluding carboxylic acids is 1. The Morgan fingerprint density at radius 2 is 1.68 bits per heavy atom. The van der Waals surface area contributed by atoms with E-state index in [9.17, 15) is 4.79 Å². The van der Waals surface area contributed by atoms with E-state index in [0.29, 0.717) is 17.1 Å². The first-order valence-electron chi connectivity index (χ1n) is 6.90. The van der Waals surface area contributed by atoms with Crippen molar-refractivity contribution in [3.05, 3.63) is 65.9 Å². The number of anilines is 1. The highest BCUT2D eigenvalue weighted by molar-refractivity contribution is 6.05. The summed E-state index contributed by atoms with van der Waals surface area (Å²) in [6, 6.07) is 14.7. The molecule has 0 bridgehead atoms. The fourth-order valence-electron chi connectivity index (χ4n) is 2.06. The molecule has 4 heteroatoms. The predicted octanol–water partition coefficient (Wildman–Crippen LogP) is 3.90. The largest absolute Gasteiger partial charge is 0.493 e. The minimum absolute atomic E-state index is 0.0360. The van der Waals surface area contributed by atoms with E-state index in [1.54, 1.807) is 32.4 Å². The van der Waals surface area contributed by atoms with Gasteiger partial charge < -0.3 is 14.8 Å². The Bertz CT molecular complexity index is 678. The number of nitrogens with one attached hydrogen (secondary N) is 1. The molecule has 0 aliphatic rings. The highest BCUT2D eigenvalue weighted by Gasteiger charge is 2.06. The fraction of sp³-hybridized carbons (Fsp3) is 0.167. The quantitative estimate of drug-likeness (QED) is 0.649. The van der Waals surface area contributed by atoms with Gasteiger partial charge in [-0.25, -0.2) is 0 Å². The van der Waals surface area contributed by atoms with Crippen LogP contribution < -0.4 is 14.8 Å². The maximum atomic E-state index is 12.1. The van der Waals surface area contributed by atoms with Crippen LogP contribution in [0.3, 0.4) is 0 Å². The minimum Gasteiger partial charge on any atom is -0.493 e. The van der Waals surface area contributed by atoms with Gasteiger partial charge in [-0.15, -0.1) is 0 Å². The molecule has 2 aromatic carbocycles. The van der Waals surface area contributed by atoms with Crippen molar-refractivity contribution in [1.29, 1.82) is 0 Å². The minimum atomic E-state index is -0.0360. The lowest BCUT2D eigenvalue weighted by molar-refractivity contribution is 0.104. The molecule has 0 heterocycles. The van der Waals surface area contributed by atoms with Crippen LogP contribution in [0.15, 0.2) is 60.3 Å². The van der Waals surface area contributed by atoms with E-state index < -0.39 is 0 Å². The summed E-state index contributed by atoms with van der Waals surface area (Å²) in [4.78, 5) is 12.1. The summed E-state index contributed by atoms with van der Waals surface area (Å²) >= 11 is 0. The zero-order valence-corrected chi connectivity index (χ0v) is 12.9. The molecule has 0 amide bonds. The molecule has 1 N–H and O–H groups in total. The number of benzene rings is 2. The van der Waals surface area contributed by atoms with Crippen molar-refractivity contribution in [3.8, 4) is 11.5 Å². The van der Waals surface area contributed by atoms with E-state index in [1.807, 2.05) is 43.3 Å². The van der Waals surface area contributed by atoms with Gasteiger partial charge in [-0.05, 0) is 19.1 Å². The molecule has 2 rings (SSSR count). The van der Waals surface area contributed by atoms with Gasteiger partial charge in [-0.3, -0.25) is 4.79 Å². The number of ketones is 1. The van der Waals surface area contributed by atoms with E-state index in [4.69, 9.17) is 9.47 Å². The Balaban J connectivity index is 2.13. The number of carbonyl (C=O) groups is 1. The molecule has 0 aromatic heterocycles. The third-order valence-electron chi connectivity index (χ3n) is 3.13. The first-order valence-corrected chi connectivity index (χ1v) is 6.90. The van der Waals surface area contributed by atoms with Crippen LogP contribution in [-0.2, 0) is 0 Å². The second kappa shape index (κ2) is 7.31.